The van der Waals surface area contributed by atoms with Crippen LogP contribution >= 0.6 is 0 Å². The van der Waals surface area contributed by atoms with Crippen LogP contribution in [0.25, 0.3) is 81.7 Å². The average Bonchev–Trinajstić information content (AvgIpc) is 3.81. The van der Waals surface area contributed by atoms with Crippen molar-refractivity contribution in [1.29, 1.82) is 0 Å². The first-order valence-corrected chi connectivity index (χ1v) is 19.0. The first-order chi connectivity index (χ1) is 27.7. The van der Waals surface area contributed by atoms with E-state index in [-0.39, 0.29) is 6.17 Å². The van der Waals surface area contributed by atoms with Crippen molar-refractivity contribution in [2.24, 2.45) is 9.98 Å². The maximum atomic E-state index is 6.49. The number of nitrogens with zero attached hydrogens (tertiary/aromatic N) is 3. The molecule has 0 bridgehead atoms. The van der Waals surface area contributed by atoms with Gasteiger partial charge in [-0.25, -0.2) is 9.98 Å². The minimum absolute atomic E-state index is 0.387. The first-order valence-electron chi connectivity index (χ1n) is 19.0. The lowest BCUT2D eigenvalue weighted by molar-refractivity contribution is 0.655. The largest absolute Gasteiger partial charge is 0.456 e. The van der Waals surface area contributed by atoms with Gasteiger partial charge in [-0.15, -0.1) is 0 Å². The van der Waals surface area contributed by atoms with Gasteiger partial charge in [0, 0.05) is 43.9 Å². The molecule has 0 saturated heterocycles. The third kappa shape index (κ3) is 4.74. The highest BCUT2D eigenvalue weighted by Crippen LogP contribution is 2.40. The molecule has 0 fully saturated rings. The smallest absolute Gasteiger partial charge is 0.159 e. The van der Waals surface area contributed by atoms with E-state index in [0.717, 1.165) is 50.2 Å². The van der Waals surface area contributed by atoms with Crippen molar-refractivity contribution in [2.45, 2.75) is 6.17 Å². The van der Waals surface area contributed by atoms with E-state index in [0.29, 0.717) is 5.84 Å². The van der Waals surface area contributed by atoms with E-state index < -0.39 is 0 Å². The van der Waals surface area contributed by atoms with Gasteiger partial charge in [-0.3, -0.25) is 0 Å². The van der Waals surface area contributed by atoms with Gasteiger partial charge in [-0.05, 0) is 74.8 Å². The van der Waals surface area contributed by atoms with Gasteiger partial charge in [0.25, 0.3) is 0 Å². The molecule has 2 aromatic heterocycles. The standard InChI is InChI=1S/C51H32N4O/c1-2-13-33(14-3-1)49-52-50(54-51(53-49)37-21-24-41-46(30-37)56-45-26-23-32-12-7-9-20-40(32)48(41)45)36-17-10-18-38(27-36)55-43-25-22-31-11-6-8-19-39(31)47(43)42-28-34-15-4-5-16-35(34)29-44(42)55/h1-30,51H,(H,52,53,54). The van der Waals surface area contributed by atoms with E-state index in [2.05, 4.69) is 174 Å². The molecule has 9 aromatic carbocycles. The van der Waals surface area contributed by atoms with Crippen LogP contribution in [0, 0.1) is 0 Å². The Hall–Kier alpha value is -7.50. The summed E-state index contributed by atoms with van der Waals surface area (Å²) in [6, 6.07) is 64.5. The number of aromatic nitrogens is 1. The number of rotatable bonds is 4. The fraction of sp³-hybridized carbons (Fsp3) is 0.0196. The Morgan fingerprint density at radius 2 is 1.16 bits per heavy atom. The predicted molar refractivity (Wildman–Crippen MR) is 232 cm³/mol. The van der Waals surface area contributed by atoms with Crippen molar-refractivity contribution >= 4 is 87.7 Å². The third-order valence-electron chi connectivity index (χ3n) is 11.4. The van der Waals surface area contributed by atoms with Gasteiger partial charge in [-0.1, -0.05) is 140 Å². The summed E-state index contributed by atoms with van der Waals surface area (Å²) >= 11 is 0. The number of hydrogen-bond donors (Lipinski definition) is 1. The van der Waals surface area contributed by atoms with Crippen molar-refractivity contribution in [1.82, 2.24) is 9.88 Å². The Morgan fingerprint density at radius 1 is 0.464 bits per heavy atom. The highest BCUT2D eigenvalue weighted by molar-refractivity contribution is 6.23. The summed E-state index contributed by atoms with van der Waals surface area (Å²) in [5, 5.41) is 15.8. The van der Waals surface area contributed by atoms with Crippen LogP contribution in [0.2, 0.25) is 0 Å². The molecule has 0 amide bonds. The summed E-state index contributed by atoms with van der Waals surface area (Å²) in [6.07, 6.45) is -0.387. The molecule has 1 aliphatic heterocycles. The quantitative estimate of drug-likeness (QED) is 0.197. The Morgan fingerprint density at radius 3 is 1.98 bits per heavy atom. The predicted octanol–water partition coefficient (Wildman–Crippen LogP) is 12.6. The third-order valence-corrected chi connectivity index (χ3v) is 11.4. The summed E-state index contributed by atoms with van der Waals surface area (Å²) in [4.78, 5) is 10.4. The molecule has 0 saturated carbocycles. The van der Waals surface area contributed by atoms with E-state index in [1.807, 2.05) is 18.2 Å². The maximum absolute atomic E-state index is 6.49. The first kappa shape index (κ1) is 30.9. The van der Waals surface area contributed by atoms with Crippen LogP contribution in [0.4, 0.5) is 0 Å². The second-order valence-electron chi connectivity index (χ2n) is 14.6. The lowest BCUT2D eigenvalue weighted by Crippen LogP contribution is -2.33. The summed E-state index contributed by atoms with van der Waals surface area (Å²) < 4.78 is 8.89. The van der Waals surface area contributed by atoms with Crippen molar-refractivity contribution in [3.63, 3.8) is 0 Å². The van der Waals surface area contributed by atoms with Gasteiger partial charge >= 0.3 is 0 Å². The minimum atomic E-state index is -0.387. The van der Waals surface area contributed by atoms with Crippen LogP contribution in [0.5, 0.6) is 0 Å². The second-order valence-corrected chi connectivity index (χ2v) is 14.6. The van der Waals surface area contributed by atoms with Crippen LogP contribution in [-0.4, -0.2) is 16.2 Å². The van der Waals surface area contributed by atoms with Crippen molar-refractivity contribution in [3.8, 4) is 5.69 Å². The Bertz CT molecular complexity index is 3460. The molecule has 0 aliphatic carbocycles. The normalized spacial score (nSPS) is 14.6. The van der Waals surface area contributed by atoms with Gasteiger partial charge in [0.05, 0.1) is 11.0 Å². The number of nitrogens with one attached hydrogen (secondary N) is 1. The highest BCUT2D eigenvalue weighted by Gasteiger charge is 2.24. The molecule has 1 N–H and O–H groups in total. The molecule has 11 aromatic rings. The second kappa shape index (κ2) is 12.0. The van der Waals surface area contributed by atoms with Crippen molar-refractivity contribution < 1.29 is 4.42 Å². The topological polar surface area (TPSA) is 54.8 Å². The van der Waals surface area contributed by atoms with Gasteiger partial charge < -0.3 is 14.3 Å². The van der Waals surface area contributed by atoms with Gasteiger partial charge in [0.1, 0.15) is 23.2 Å². The zero-order valence-electron chi connectivity index (χ0n) is 30.1. The molecule has 5 heteroatoms. The molecule has 56 heavy (non-hydrogen) atoms. The summed E-state index contributed by atoms with van der Waals surface area (Å²) in [7, 11) is 0. The molecular formula is C51H32N4O. The molecule has 262 valence electrons. The van der Waals surface area contributed by atoms with Crippen LogP contribution in [0.3, 0.4) is 0 Å². The maximum Gasteiger partial charge on any atom is 0.159 e. The molecule has 5 nitrogen and oxygen atoms in total. The monoisotopic (exact) mass is 716 g/mol. The molecule has 0 spiro atoms. The molecule has 0 radical (unpaired) electrons. The Balaban J connectivity index is 1.01. The number of benzene rings is 9. The van der Waals surface area contributed by atoms with E-state index in [1.165, 1.54) is 54.1 Å². The van der Waals surface area contributed by atoms with E-state index in [1.54, 1.807) is 0 Å². The van der Waals surface area contributed by atoms with E-state index in [4.69, 9.17) is 14.4 Å². The molecule has 1 unspecified atom stereocenters. The van der Waals surface area contributed by atoms with Crippen LogP contribution in [0.1, 0.15) is 22.9 Å². The fourth-order valence-corrected chi connectivity index (χ4v) is 8.76. The van der Waals surface area contributed by atoms with Crippen LogP contribution in [-0.2, 0) is 0 Å². The van der Waals surface area contributed by atoms with Gasteiger partial charge in [-0.2, -0.15) is 0 Å². The van der Waals surface area contributed by atoms with Gasteiger partial charge in [0.2, 0.25) is 0 Å². The number of aliphatic imine (C=N–C) groups is 2. The zero-order valence-corrected chi connectivity index (χ0v) is 30.1. The molecule has 1 atom stereocenters. The summed E-state index contributed by atoms with van der Waals surface area (Å²) in [5.41, 5.74) is 8.06. The van der Waals surface area contributed by atoms with Crippen molar-refractivity contribution in [3.05, 3.63) is 199 Å². The molecule has 1 aliphatic rings. The fourth-order valence-electron chi connectivity index (χ4n) is 8.76. The Kier molecular flexibility index (Phi) is 6.63. The number of furan rings is 1. The van der Waals surface area contributed by atoms with E-state index >= 15 is 0 Å². The van der Waals surface area contributed by atoms with E-state index in [9.17, 15) is 0 Å². The minimum Gasteiger partial charge on any atom is -0.456 e. The summed E-state index contributed by atoms with van der Waals surface area (Å²) in [5.74, 6) is 1.44. The highest BCUT2D eigenvalue weighted by atomic mass is 16.3. The Labute approximate surface area is 321 Å². The number of amidine groups is 2. The lowest BCUT2D eigenvalue weighted by atomic mass is 10.0. The van der Waals surface area contributed by atoms with Gasteiger partial charge in [0.15, 0.2) is 5.84 Å². The number of hydrogen-bond acceptors (Lipinski definition) is 4. The average molecular weight is 717 g/mol. The molecule has 12 rings (SSSR count). The molecular weight excluding hydrogens is 685 g/mol. The number of fused-ring (bicyclic) bond motifs is 11. The SMILES string of the molecule is c1ccc(C2=NC(c3ccc4c(c3)oc3ccc5ccccc5c34)NC(c3cccc(-n4c5cc6ccccc6cc5c5c6ccccc6ccc54)c3)=N2)cc1. The summed E-state index contributed by atoms with van der Waals surface area (Å²) in [6.45, 7) is 0. The van der Waals surface area contributed by atoms with Crippen molar-refractivity contribution in [2.75, 3.05) is 0 Å². The van der Waals surface area contributed by atoms with Crippen LogP contribution < -0.4 is 5.32 Å². The zero-order chi connectivity index (χ0) is 36.7. The lowest BCUT2D eigenvalue weighted by Gasteiger charge is -2.24. The molecule has 3 heterocycles. The van der Waals surface area contributed by atoms with Crippen LogP contribution in [0.15, 0.2) is 196 Å².